The molecule has 1 unspecified atom stereocenters. The molecule has 7 rings (SSSR count). The standard InChI is InChI=1S/C70H97IN8O21/c1-46(2)64(76-62(80)15-19-90-21-23-92-25-27-94-29-31-96-33-34-97-32-30-95-28-26-93-24-22-91-20-16-72-63(81)41-71)66(83)74-49(5)65(82)75-51-13-11-50(12-14-51)45-100-70(87)79-56-40-61(59(89-7)38-54(56)68(85)78-44-48(4)36-57(78)69(79)86)99-18-10-8-9-17-98-60-39-55-53(37-58(60)88-6)67(84)77-43-47(3)35-52(77)42-73-55/h11-14,37-40,42-44,46,49,52,57,64,69,86H,8-10,15-36,41,45H2,1-7H3,(H,72,81)(H,74,83)(H,75,82)(H,76,80)/t49?,52-,57-,64-,69-/m0/s1. The highest BCUT2D eigenvalue weighted by atomic mass is 127. The Hall–Kier alpha value is -7.53. The van der Waals surface area contributed by atoms with Crippen molar-refractivity contribution in [3.8, 4) is 23.0 Å². The molecule has 0 aliphatic carbocycles. The van der Waals surface area contributed by atoms with E-state index in [0.717, 1.165) is 22.5 Å². The minimum atomic E-state index is -1.52. The fourth-order valence-electron chi connectivity index (χ4n) is 10.8. The van der Waals surface area contributed by atoms with Crippen molar-refractivity contribution in [1.29, 1.82) is 0 Å². The van der Waals surface area contributed by atoms with Crippen molar-refractivity contribution in [2.45, 2.75) is 110 Å². The van der Waals surface area contributed by atoms with Crippen molar-refractivity contribution in [2.24, 2.45) is 10.9 Å². The monoisotopic (exact) mass is 1510 g/mol. The molecule has 29 nitrogen and oxygen atoms in total. The zero-order chi connectivity index (χ0) is 71.8. The summed E-state index contributed by atoms with van der Waals surface area (Å²) >= 11 is 2.00. The van der Waals surface area contributed by atoms with Crippen LogP contribution in [0.5, 0.6) is 23.0 Å². The first-order valence-corrected chi connectivity index (χ1v) is 35.3. The maximum absolute atomic E-state index is 14.3. The summed E-state index contributed by atoms with van der Waals surface area (Å²) in [6, 6.07) is 9.98. The van der Waals surface area contributed by atoms with Gasteiger partial charge in [0.1, 0.15) is 18.7 Å². The van der Waals surface area contributed by atoms with E-state index in [2.05, 4.69) is 26.3 Å². The lowest BCUT2D eigenvalue weighted by atomic mass is 10.0. The number of ether oxygens (including phenoxy) is 13. The van der Waals surface area contributed by atoms with Crippen LogP contribution in [-0.2, 0) is 68.4 Å². The van der Waals surface area contributed by atoms with Gasteiger partial charge >= 0.3 is 6.09 Å². The Morgan fingerprint density at radius 1 is 0.600 bits per heavy atom. The van der Waals surface area contributed by atoms with Gasteiger partial charge in [0.25, 0.3) is 11.8 Å². The second kappa shape index (κ2) is 42.7. The molecule has 30 heteroatoms. The topological polar surface area (TPSA) is 330 Å². The molecule has 0 bridgehead atoms. The summed E-state index contributed by atoms with van der Waals surface area (Å²) < 4.78 is 73.9. The fourth-order valence-corrected chi connectivity index (χ4v) is 11.1. The Morgan fingerprint density at radius 2 is 1.12 bits per heavy atom. The highest BCUT2D eigenvalue weighted by Crippen LogP contribution is 2.43. The van der Waals surface area contributed by atoms with Gasteiger partial charge in [0.05, 0.1) is 172 Å². The number of carbonyl (C=O) groups is 7. The average molecular weight is 1510 g/mol. The van der Waals surface area contributed by atoms with Crippen LogP contribution in [0, 0.1) is 5.92 Å². The van der Waals surface area contributed by atoms with Crippen molar-refractivity contribution >= 4 is 87.4 Å². The Labute approximate surface area is 597 Å². The number of alkyl halides is 1. The lowest BCUT2D eigenvalue weighted by molar-refractivity contribution is -0.132. The SMILES string of the molecule is COc1cc2c(cc1OCCCCCOc1cc3c(cc1OC)C(=O)N1C=C(C)C[C@H]1[C@H](O)N3C(=O)OCc1ccc(NC(=O)C(C)NC(=O)[C@@H](NC(=O)CCOCCOCCOCCOCCOCCOCCOCCOCCNC(=O)CI)C(C)C)cc1)N=C[C@@H]1CC(C)=CN1C2=O. The summed E-state index contributed by atoms with van der Waals surface area (Å²) in [6.45, 7) is 15.8. The molecule has 4 aliphatic rings. The second-order valence-electron chi connectivity index (χ2n) is 24.2. The van der Waals surface area contributed by atoms with Crippen molar-refractivity contribution in [2.75, 3.05) is 154 Å². The van der Waals surface area contributed by atoms with Crippen LogP contribution in [0.4, 0.5) is 21.9 Å². The van der Waals surface area contributed by atoms with Crippen LogP contribution in [0.15, 0.2) is 77.1 Å². The fraction of sp³-hybridized carbons (Fsp3) is 0.571. The largest absolute Gasteiger partial charge is 0.493 e. The van der Waals surface area contributed by atoms with Crippen molar-refractivity contribution in [3.63, 3.8) is 0 Å². The number of methoxy groups -OCH3 is 2. The zero-order valence-electron chi connectivity index (χ0n) is 58.2. The summed E-state index contributed by atoms with van der Waals surface area (Å²) in [5, 5.41) is 22.9. The molecule has 7 amide bonds. The summed E-state index contributed by atoms with van der Waals surface area (Å²) in [5.41, 5.74) is 3.95. The van der Waals surface area contributed by atoms with Crippen LogP contribution < -0.4 is 45.1 Å². The smallest absolute Gasteiger partial charge is 0.416 e. The van der Waals surface area contributed by atoms with Crippen molar-refractivity contribution in [3.05, 3.63) is 88.8 Å². The molecule has 0 saturated carbocycles. The highest BCUT2D eigenvalue weighted by Gasteiger charge is 2.45. The number of carbonyl (C=O) groups excluding carboxylic acids is 7. The molecule has 5 atom stereocenters. The van der Waals surface area contributed by atoms with Gasteiger partial charge in [-0.1, -0.05) is 59.7 Å². The lowest BCUT2D eigenvalue weighted by Gasteiger charge is -2.31. The number of rotatable bonds is 46. The lowest BCUT2D eigenvalue weighted by Crippen LogP contribution is -2.53. The molecule has 0 radical (unpaired) electrons. The number of hydrogen-bond donors (Lipinski definition) is 5. The van der Waals surface area contributed by atoms with Crippen molar-refractivity contribution in [1.82, 2.24) is 25.8 Å². The van der Waals surface area contributed by atoms with Crippen LogP contribution >= 0.6 is 22.6 Å². The predicted molar refractivity (Wildman–Crippen MR) is 377 cm³/mol. The third kappa shape index (κ3) is 24.9. The number of aliphatic hydroxyl groups is 1. The Kier molecular flexibility index (Phi) is 34.0. The maximum atomic E-state index is 14.3. The molecule has 0 saturated heterocycles. The number of fused-ring (bicyclic) bond motifs is 4. The number of hydrogen-bond acceptors (Lipinski definition) is 22. The van der Waals surface area contributed by atoms with Gasteiger partial charge in [-0.05, 0) is 88.6 Å². The summed E-state index contributed by atoms with van der Waals surface area (Å²) in [7, 11) is 2.97. The molecule has 3 aromatic carbocycles. The number of anilines is 2. The first kappa shape index (κ1) is 79.8. The molecular weight excluding hydrogens is 1420 g/mol. The van der Waals surface area contributed by atoms with Crippen LogP contribution in [0.3, 0.4) is 0 Å². The van der Waals surface area contributed by atoms with Gasteiger partial charge in [-0.25, -0.2) is 9.69 Å². The van der Waals surface area contributed by atoms with E-state index in [-0.39, 0.29) is 79.4 Å². The second-order valence-corrected chi connectivity index (χ2v) is 24.9. The van der Waals surface area contributed by atoms with E-state index < -0.39 is 54.1 Å². The van der Waals surface area contributed by atoms with E-state index >= 15 is 0 Å². The number of amides is 7. The van der Waals surface area contributed by atoms with Gasteiger partial charge in [-0.15, -0.1) is 0 Å². The molecule has 0 aromatic heterocycles. The van der Waals surface area contributed by atoms with Crippen LogP contribution in [0.1, 0.15) is 99.4 Å². The number of benzene rings is 3. The van der Waals surface area contributed by atoms with Crippen LogP contribution in [-0.4, -0.2) is 237 Å². The molecule has 4 heterocycles. The molecule has 100 heavy (non-hydrogen) atoms. The number of unbranched alkanes of at least 4 members (excludes halogenated alkanes) is 2. The average Bonchev–Trinajstić information content (AvgIpc) is 1.59. The molecule has 5 N–H and O–H groups in total. The van der Waals surface area contributed by atoms with Crippen LogP contribution in [0.2, 0.25) is 0 Å². The Balaban J connectivity index is 0.757. The highest BCUT2D eigenvalue weighted by molar-refractivity contribution is 14.1. The van der Waals surface area contributed by atoms with E-state index in [1.807, 2.05) is 42.6 Å². The van der Waals surface area contributed by atoms with E-state index in [0.29, 0.717) is 170 Å². The number of nitrogens with one attached hydrogen (secondary N) is 4. The molecule has 550 valence electrons. The number of aliphatic imine (C=N–C) groups is 1. The Bertz CT molecular complexity index is 3260. The van der Waals surface area contributed by atoms with Crippen LogP contribution in [0.25, 0.3) is 0 Å². The van der Waals surface area contributed by atoms with E-state index in [9.17, 15) is 38.7 Å². The van der Waals surface area contributed by atoms with Crippen molar-refractivity contribution < 1.29 is 100 Å². The molecule has 4 aliphatic heterocycles. The third-order valence-corrected chi connectivity index (χ3v) is 16.8. The summed E-state index contributed by atoms with van der Waals surface area (Å²) in [4.78, 5) is 101. The normalized spacial score (nSPS) is 16.7. The van der Waals surface area contributed by atoms with Gasteiger partial charge < -0.3 is 97.8 Å². The van der Waals surface area contributed by atoms with Gasteiger partial charge in [-0.2, -0.15) is 0 Å². The van der Waals surface area contributed by atoms with Gasteiger partial charge in [0, 0.05) is 49.4 Å². The van der Waals surface area contributed by atoms with E-state index in [1.54, 1.807) is 67.6 Å². The summed E-state index contributed by atoms with van der Waals surface area (Å²) in [6.07, 6.45) is 5.81. The molecule has 3 aromatic rings. The molecule has 0 spiro atoms. The predicted octanol–water partition coefficient (Wildman–Crippen LogP) is 6.42. The molecule has 0 fully saturated rings. The number of halogens is 1. The Morgan fingerprint density at radius 3 is 1.68 bits per heavy atom. The summed E-state index contributed by atoms with van der Waals surface area (Å²) in [5.74, 6) is -1.02. The minimum Gasteiger partial charge on any atom is -0.493 e. The van der Waals surface area contributed by atoms with E-state index in [4.69, 9.17) is 61.6 Å². The quantitative estimate of drug-likeness (QED) is 0.0231. The first-order chi connectivity index (χ1) is 48.4. The van der Waals surface area contributed by atoms with Gasteiger partial charge in [-0.3, -0.25) is 33.8 Å². The van der Waals surface area contributed by atoms with Gasteiger partial charge in [0.2, 0.25) is 23.6 Å². The number of aliphatic hydroxyl groups excluding tert-OH is 1. The number of nitrogens with zero attached hydrogens (tertiary/aromatic N) is 4. The molecular formula is C70H97IN8O21. The van der Waals surface area contributed by atoms with E-state index in [1.165, 1.54) is 38.2 Å². The minimum absolute atomic E-state index is 0.00359. The van der Waals surface area contributed by atoms with Gasteiger partial charge in [0.15, 0.2) is 29.2 Å². The third-order valence-electron chi connectivity index (χ3n) is 16.1. The first-order valence-electron chi connectivity index (χ1n) is 33.7. The maximum Gasteiger partial charge on any atom is 0.416 e. The zero-order valence-corrected chi connectivity index (χ0v) is 60.3.